The van der Waals surface area contributed by atoms with E-state index in [2.05, 4.69) is 18.7 Å². The molecule has 2 rings (SSSR count). The molecule has 1 saturated heterocycles. The van der Waals surface area contributed by atoms with Gasteiger partial charge in [-0.1, -0.05) is 25.4 Å². The fraction of sp³-hybridized carbons (Fsp3) is 0.588. The lowest BCUT2D eigenvalue weighted by Gasteiger charge is -2.41. The summed E-state index contributed by atoms with van der Waals surface area (Å²) in [6, 6.07) is 7.16. The highest BCUT2D eigenvalue weighted by molar-refractivity contribution is 6.30. The molecule has 1 N–H and O–H groups in total. The summed E-state index contributed by atoms with van der Waals surface area (Å²) in [5.41, 5.74) is 0.657. The third-order valence-electron chi connectivity index (χ3n) is 4.11. The summed E-state index contributed by atoms with van der Waals surface area (Å²) >= 11 is 5.88. The topological polar surface area (TPSA) is 43.8 Å². The minimum Gasteiger partial charge on any atom is -0.390 e. The molecule has 0 aliphatic carbocycles. The largest absolute Gasteiger partial charge is 0.390 e. The lowest BCUT2D eigenvalue weighted by atomic mass is 9.99. The first-order valence-corrected chi connectivity index (χ1v) is 8.17. The summed E-state index contributed by atoms with van der Waals surface area (Å²) in [5, 5.41) is 10.1. The van der Waals surface area contributed by atoms with Crippen molar-refractivity contribution >= 4 is 17.5 Å². The fourth-order valence-corrected chi connectivity index (χ4v) is 2.98. The highest BCUT2D eigenvalue weighted by Gasteiger charge is 2.30. The van der Waals surface area contributed by atoms with E-state index in [1.54, 1.807) is 24.3 Å². The highest BCUT2D eigenvalue weighted by Crippen LogP contribution is 2.18. The van der Waals surface area contributed by atoms with Crippen molar-refractivity contribution in [2.45, 2.75) is 32.4 Å². The molecular weight excluding hydrogens is 300 g/mol. The zero-order valence-corrected chi connectivity index (χ0v) is 14.3. The van der Waals surface area contributed by atoms with Gasteiger partial charge in [0.25, 0.3) is 5.91 Å². The average Bonchev–Trinajstić information content (AvgIpc) is 2.43. The van der Waals surface area contributed by atoms with Gasteiger partial charge < -0.3 is 10.0 Å². The van der Waals surface area contributed by atoms with Crippen LogP contribution >= 0.6 is 11.6 Å². The number of amides is 1. The summed E-state index contributed by atoms with van der Waals surface area (Å²) in [6.45, 7) is 6.55. The third kappa shape index (κ3) is 4.45. The van der Waals surface area contributed by atoms with Crippen molar-refractivity contribution in [3.63, 3.8) is 0 Å². The number of benzene rings is 1. The minimum atomic E-state index is -0.211. The van der Waals surface area contributed by atoms with Crippen LogP contribution in [0.2, 0.25) is 5.02 Å². The first-order chi connectivity index (χ1) is 10.4. The molecular formula is C17H25ClN2O2. The molecule has 0 saturated carbocycles. The minimum absolute atomic E-state index is 0.0170. The zero-order valence-electron chi connectivity index (χ0n) is 13.5. The molecule has 1 aromatic carbocycles. The van der Waals surface area contributed by atoms with Crippen molar-refractivity contribution in [3.8, 4) is 0 Å². The predicted molar refractivity (Wildman–Crippen MR) is 89.2 cm³/mol. The summed E-state index contributed by atoms with van der Waals surface area (Å²) in [7, 11) is 1.86. The number of carbonyl (C=O) groups excluding carboxylic acids is 1. The second kappa shape index (κ2) is 7.44. The smallest absolute Gasteiger partial charge is 0.253 e. The van der Waals surface area contributed by atoms with Crippen molar-refractivity contribution in [3.05, 3.63) is 34.9 Å². The normalized spacial score (nSPS) is 17.4. The van der Waals surface area contributed by atoms with Crippen LogP contribution in [0.15, 0.2) is 24.3 Å². The molecule has 0 aromatic heterocycles. The Labute approximate surface area is 137 Å². The van der Waals surface area contributed by atoms with Crippen molar-refractivity contribution in [2.24, 2.45) is 5.92 Å². The lowest BCUT2D eigenvalue weighted by Crippen LogP contribution is -2.56. The van der Waals surface area contributed by atoms with Crippen LogP contribution in [0.25, 0.3) is 0 Å². The number of likely N-dealkylation sites (tertiary alicyclic amines) is 1. The third-order valence-corrected chi connectivity index (χ3v) is 4.36. The molecule has 4 nitrogen and oxygen atoms in total. The number of aliphatic hydroxyl groups excluding tert-OH is 1. The number of halogens is 1. The molecule has 1 aliphatic heterocycles. The van der Waals surface area contributed by atoms with Gasteiger partial charge in [0.2, 0.25) is 0 Å². The summed E-state index contributed by atoms with van der Waals surface area (Å²) in [6.07, 6.45) is 0.736. The molecule has 122 valence electrons. The molecule has 22 heavy (non-hydrogen) atoms. The quantitative estimate of drug-likeness (QED) is 0.874. The van der Waals surface area contributed by atoms with Gasteiger partial charge >= 0.3 is 0 Å². The Morgan fingerprint density at radius 3 is 2.45 bits per heavy atom. The maximum atomic E-state index is 12.6. The number of β-amino-alcohol motifs (C(OH)–C–C–N with tert-alkyl or cyclic N) is 1. The summed E-state index contributed by atoms with van der Waals surface area (Å²) < 4.78 is 0. The highest BCUT2D eigenvalue weighted by atomic mass is 35.5. The van der Waals surface area contributed by atoms with Crippen molar-refractivity contribution in [1.82, 2.24) is 9.80 Å². The summed E-state index contributed by atoms with van der Waals surface area (Å²) in [4.78, 5) is 16.7. The van der Waals surface area contributed by atoms with Crippen LogP contribution in [0, 0.1) is 5.92 Å². The second-order valence-electron chi connectivity index (χ2n) is 6.58. The molecule has 1 amide bonds. The van der Waals surface area contributed by atoms with Crippen LogP contribution in [0.4, 0.5) is 0 Å². The monoisotopic (exact) mass is 324 g/mol. The fourth-order valence-electron chi connectivity index (χ4n) is 2.85. The number of nitrogens with zero attached hydrogens (tertiary/aromatic N) is 2. The van der Waals surface area contributed by atoms with E-state index < -0.39 is 0 Å². The van der Waals surface area contributed by atoms with Gasteiger partial charge in [0.15, 0.2) is 0 Å². The van der Waals surface area contributed by atoms with Crippen LogP contribution in [0.5, 0.6) is 0 Å². The van der Waals surface area contributed by atoms with Crippen molar-refractivity contribution in [1.29, 1.82) is 0 Å². The number of aliphatic hydroxyl groups is 1. The van der Waals surface area contributed by atoms with Gasteiger partial charge in [-0.15, -0.1) is 0 Å². The lowest BCUT2D eigenvalue weighted by molar-refractivity contribution is -0.0123. The molecule has 1 atom stereocenters. The van der Waals surface area contributed by atoms with Gasteiger partial charge in [0.05, 0.1) is 6.10 Å². The van der Waals surface area contributed by atoms with Crippen LogP contribution in [0.3, 0.4) is 0 Å². The molecule has 5 heteroatoms. The molecule has 0 bridgehead atoms. The first kappa shape index (κ1) is 17.3. The average molecular weight is 325 g/mol. The van der Waals surface area contributed by atoms with Gasteiger partial charge in [-0.05, 0) is 36.6 Å². The van der Waals surface area contributed by atoms with Gasteiger partial charge in [-0.25, -0.2) is 0 Å². The van der Waals surface area contributed by atoms with Crippen LogP contribution in [0.1, 0.15) is 30.6 Å². The molecule has 1 fully saturated rings. The van der Waals surface area contributed by atoms with E-state index in [4.69, 9.17) is 11.6 Å². The Morgan fingerprint density at radius 2 is 1.95 bits per heavy atom. The second-order valence-corrected chi connectivity index (χ2v) is 7.02. The van der Waals surface area contributed by atoms with E-state index in [0.717, 1.165) is 13.0 Å². The molecule has 0 spiro atoms. The van der Waals surface area contributed by atoms with Gasteiger partial charge in [0.1, 0.15) is 0 Å². The number of rotatable bonds is 6. The molecule has 1 unspecified atom stereocenters. The molecule has 1 aromatic rings. The van der Waals surface area contributed by atoms with Gasteiger partial charge in [-0.2, -0.15) is 0 Å². The predicted octanol–water partition coefficient (Wildman–Crippen LogP) is 2.50. The maximum absolute atomic E-state index is 12.6. The Kier molecular flexibility index (Phi) is 5.84. The summed E-state index contributed by atoms with van der Waals surface area (Å²) in [5.74, 6) is 0.528. The van der Waals surface area contributed by atoms with Crippen LogP contribution in [-0.2, 0) is 0 Å². The molecule has 1 aliphatic rings. The van der Waals surface area contributed by atoms with E-state index in [1.165, 1.54) is 0 Å². The van der Waals surface area contributed by atoms with E-state index in [-0.39, 0.29) is 18.1 Å². The Morgan fingerprint density at radius 1 is 1.36 bits per heavy atom. The van der Waals surface area contributed by atoms with Gasteiger partial charge in [0, 0.05) is 43.3 Å². The van der Waals surface area contributed by atoms with E-state index in [0.29, 0.717) is 29.6 Å². The standard InChI is InChI=1S/C17H25ClN2O2/c1-12(2)8-15(9-20-10-16(21)11-20)19(3)17(22)13-4-6-14(18)7-5-13/h4-7,12,15-16,21H,8-11H2,1-3H3. The number of likely N-dealkylation sites (N-methyl/N-ethyl adjacent to an activating group) is 1. The Bertz CT molecular complexity index is 498. The Balaban J connectivity index is 2.04. The number of carbonyl (C=O) groups is 1. The maximum Gasteiger partial charge on any atom is 0.253 e. The van der Waals surface area contributed by atoms with Gasteiger partial charge in [-0.3, -0.25) is 9.69 Å². The Hall–Kier alpha value is -1.10. The molecule has 0 radical (unpaired) electrons. The van der Waals surface area contributed by atoms with Crippen LogP contribution in [-0.4, -0.2) is 59.6 Å². The SMILES string of the molecule is CC(C)CC(CN1CC(O)C1)N(C)C(=O)c1ccc(Cl)cc1. The first-order valence-electron chi connectivity index (χ1n) is 7.80. The van der Waals surface area contributed by atoms with Crippen LogP contribution < -0.4 is 0 Å². The van der Waals surface area contributed by atoms with E-state index >= 15 is 0 Å². The van der Waals surface area contributed by atoms with Crippen molar-refractivity contribution < 1.29 is 9.90 Å². The van der Waals surface area contributed by atoms with E-state index in [1.807, 2.05) is 11.9 Å². The molecule has 1 heterocycles. The van der Waals surface area contributed by atoms with Crippen molar-refractivity contribution in [2.75, 3.05) is 26.7 Å². The number of hydrogen-bond donors (Lipinski definition) is 1. The zero-order chi connectivity index (χ0) is 16.3. The van der Waals surface area contributed by atoms with E-state index in [9.17, 15) is 9.90 Å². The number of hydrogen-bond acceptors (Lipinski definition) is 3.